The summed E-state index contributed by atoms with van der Waals surface area (Å²) in [6.07, 6.45) is 3.53. The molecule has 0 saturated carbocycles. The number of aromatic nitrogens is 2. The van der Waals surface area contributed by atoms with E-state index in [1.807, 2.05) is 29.0 Å². The number of imidazole rings is 1. The molecule has 0 spiro atoms. The molecular formula is C17H15N5O2. The molecule has 0 bridgehead atoms. The van der Waals surface area contributed by atoms with Crippen LogP contribution in [0.15, 0.2) is 60.9 Å². The first-order chi connectivity index (χ1) is 11.5. The Morgan fingerprint density at radius 3 is 2.67 bits per heavy atom. The van der Waals surface area contributed by atoms with Crippen LogP contribution in [0.1, 0.15) is 11.1 Å². The lowest BCUT2D eigenvalue weighted by Crippen LogP contribution is -2.11. The zero-order chi connectivity index (χ0) is 17.1. The summed E-state index contributed by atoms with van der Waals surface area (Å²) in [5, 5.41) is 18.3. The van der Waals surface area contributed by atoms with E-state index >= 15 is 0 Å². The fourth-order valence-electron chi connectivity index (χ4n) is 2.46. The van der Waals surface area contributed by atoms with Gasteiger partial charge in [0.2, 0.25) is 0 Å². The van der Waals surface area contributed by atoms with Crippen molar-refractivity contribution in [3.63, 3.8) is 0 Å². The third-order valence-corrected chi connectivity index (χ3v) is 3.64. The van der Waals surface area contributed by atoms with Gasteiger partial charge in [-0.1, -0.05) is 18.2 Å². The van der Waals surface area contributed by atoms with Crippen LogP contribution in [0.4, 0.5) is 5.69 Å². The second kappa shape index (κ2) is 6.33. The van der Waals surface area contributed by atoms with Crippen LogP contribution in [0.5, 0.6) is 0 Å². The van der Waals surface area contributed by atoms with Crippen LogP contribution >= 0.6 is 0 Å². The van der Waals surface area contributed by atoms with Crippen molar-refractivity contribution in [3.8, 4) is 11.4 Å². The Kier molecular flexibility index (Phi) is 4.07. The van der Waals surface area contributed by atoms with Gasteiger partial charge in [0.15, 0.2) is 0 Å². The second-order valence-corrected chi connectivity index (χ2v) is 5.30. The van der Waals surface area contributed by atoms with E-state index < -0.39 is 4.92 Å². The molecule has 7 nitrogen and oxygen atoms in total. The minimum absolute atomic E-state index is 0.0260. The summed E-state index contributed by atoms with van der Waals surface area (Å²) in [5.41, 5.74) is 8.03. The Morgan fingerprint density at radius 1 is 1.25 bits per heavy atom. The number of nitrogens with one attached hydrogen (secondary N) is 1. The number of nitrogens with two attached hydrogens (primary N) is 1. The van der Waals surface area contributed by atoms with Gasteiger partial charge >= 0.3 is 0 Å². The number of amidine groups is 1. The minimum Gasteiger partial charge on any atom is -0.384 e. The molecule has 3 N–H and O–H groups in total. The fourth-order valence-corrected chi connectivity index (χ4v) is 2.46. The van der Waals surface area contributed by atoms with E-state index in [0.29, 0.717) is 12.1 Å². The van der Waals surface area contributed by atoms with E-state index in [-0.39, 0.29) is 11.5 Å². The lowest BCUT2D eigenvalue weighted by atomic mass is 10.1. The summed E-state index contributed by atoms with van der Waals surface area (Å²) in [6.45, 7) is 0.563. The number of non-ortho nitro benzene ring substituents is 1. The van der Waals surface area contributed by atoms with Gasteiger partial charge in [-0.3, -0.25) is 15.5 Å². The molecule has 0 saturated heterocycles. The predicted molar refractivity (Wildman–Crippen MR) is 90.9 cm³/mol. The zero-order valence-electron chi connectivity index (χ0n) is 12.7. The quantitative estimate of drug-likeness (QED) is 0.326. The monoisotopic (exact) mass is 321 g/mol. The predicted octanol–water partition coefficient (Wildman–Crippen LogP) is 2.79. The third-order valence-electron chi connectivity index (χ3n) is 3.64. The molecule has 0 fully saturated rings. The normalized spacial score (nSPS) is 10.5. The van der Waals surface area contributed by atoms with Gasteiger partial charge in [-0.05, 0) is 23.8 Å². The lowest BCUT2D eigenvalue weighted by Gasteiger charge is -2.09. The Bertz CT molecular complexity index is 899. The van der Waals surface area contributed by atoms with Gasteiger partial charge in [-0.25, -0.2) is 4.98 Å². The molecule has 0 aliphatic carbocycles. The first kappa shape index (κ1) is 15.4. The number of rotatable bonds is 5. The summed E-state index contributed by atoms with van der Waals surface area (Å²) in [6, 6.07) is 13.8. The molecule has 0 atom stereocenters. The molecule has 1 aromatic heterocycles. The number of nitro groups is 1. The Labute approximate surface area is 138 Å². The van der Waals surface area contributed by atoms with Gasteiger partial charge in [0.1, 0.15) is 11.7 Å². The highest BCUT2D eigenvalue weighted by molar-refractivity contribution is 5.95. The van der Waals surface area contributed by atoms with Gasteiger partial charge in [-0.15, -0.1) is 0 Å². The molecule has 3 rings (SSSR count). The SMILES string of the molecule is N=C(N)c1cccc(Cn2ccnc2-c2ccc([N+](=O)[O-])cc2)c1. The summed E-state index contributed by atoms with van der Waals surface area (Å²) in [7, 11) is 0. The van der Waals surface area contributed by atoms with E-state index in [9.17, 15) is 10.1 Å². The molecule has 7 heteroatoms. The van der Waals surface area contributed by atoms with E-state index in [1.54, 1.807) is 24.4 Å². The number of hydrogen-bond donors (Lipinski definition) is 2. The van der Waals surface area contributed by atoms with Crippen LogP contribution in [0.2, 0.25) is 0 Å². The zero-order valence-corrected chi connectivity index (χ0v) is 12.7. The smallest absolute Gasteiger partial charge is 0.269 e. The lowest BCUT2D eigenvalue weighted by molar-refractivity contribution is -0.384. The summed E-state index contributed by atoms with van der Waals surface area (Å²) in [4.78, 5) is 14.7. The van der Waals surface area contributed by atoms with Crippen molar-refractivity contribution in [3.05, 3.63) is 82.2 Å². The number of nitrogen functional groups attached to an aromatic ring is 1. The van der Waals surface area contributed by atoms with Crippen molar-refractivity contribution in [2.45, 2.75) is 6.54 Å². The molecule has 0 amide bonds. The summed E-state index contributed by atoms with van der Waals surface area (Å²) < 4.78 is 1.94. The average Bonchev–Trinajstić information content (AvgIpc) is 3.03. The number of nitro benzene ring substituents is 1. The highest BCUT2D eigenvalue weighted by Gasteiger charge is 2.10. The topological polar surface area (TPSA) is 111 Å². The van der Waals surface area contributed by atoms with Gasteiger partial charge in [0, 0.05) is 42.2 Å². The van der Waals surface area contributed by atoms with Gasteiger partial charge in [-0.2, -0.15) is 0 Å². The molecular weight excluding hydrogens is 306 g/mol. The van der Waals surface area contributed by atoms with Crippen molar-refractivity contribution >= 4 is 11.5 Å². The molecule has 0 radical (unpaired) electrons. The van der Waals surface area contributed by atoms with Crippen LogP contribution in [-0.2, 0) is 6.54 Å². The van der Waals surface area contributed by atoms with Crippen molar-refractivity contribution in [1.29, 1.82) is 5.41 Å². The van der Waals surface area contributed by atoms with Crippen molar-refractivity contribution < 1.29 is 4.92 Å². The highest BCUT2D eigenvalue weighted by Crippen LogP contribution is 2.22. The third kappa shape index (κ3) is 3.14. The summed E-state index contributed by atoms with van der Waals surface area (Å²) >= 11 is 0. The first-order valence-electron chi connectivity index (χ1n) is 7.24. The maximum atomic E-state index is 10.8. The Morgan fingerprint density at radius 2 is 2.00 bits per heavy atom. The van der Waals surface area contributed by atoms with Crippen molar-refractivity contribution in [2.24, 2.45) is 5.73 Å². The Hall–Kier alpha value is -3.48. The van der Waals surface area contributed by atoms with Gasteiger partial charge < -0.3 is 10.3 Å². The molecule has 0 aliphatic rings. The highest BCUT2D eigenvalue weighted by atomic mass is 16.6. The fraction of sp³-hybridized carbons (Fsp3) is 0.0588. The van der Waals surface area contributed by atoms with Crippen LogP contribution in [0.3, 0.4) is 0 Å². The van der Waals surface area contributed by atoms with Crippen molar-refractivity contribution in [1.82, 2.24) is 9.55 Å². The molecule has 1 heterocycles. The van der Waals surface area contributed by atoms with E-state index in [4.69, 9.17) is 11.1 Å². The molecule has 120 valence electrons. The first-order valence-corrected chi connectivity index (χ1v) is 7.24. The molecule has 0 aliphatic heterocycles. The number of hydrogen-bond acceptors (Lipinski definition) is 4. The van der Waals surface area contributed by atoms with Gasteiger partial charge in [0.25, 0.3) is 5.69 Å². The average molecular weight is 321 g/mol. The Balaban J connectivity index is 1.89. The maximum absolute atomic E-state index is 10.8. The van der Waals surface area contributed by atoms with E-state index in [2.05, 4.69) is 4.98 Å². The minimum atomic E-state index is -0.427. The number of benzene rings is 2. The molecule has 0 unspecified atom stereocenters. The molecule has 3 aromatic rings. The van der Waals surface area contributed by atoms with Crippen LogP contribution < -0.4 is 5.73 Å². The van der Waals surface area contributed by atoms with Gasteiger partial charge in [0.05, 0.1) is 4.92 Å². The van der Waals surface area contributed by atoms with Crippen molar-refractivity contribution in [2.75, 3.05) is 0 Å². The van der Waals surface area contributed by atoms with E-state index in [0.717, 1.165) is 17.0 Å². The van der Waals surface area contributed by atoms with Crippen LogP contribution in [-0.4, -0.2) is 20.3 Å². The molecule has 2 aromatic carbocycles. The van der Waals surface area contributed by atoms with Crippen LogP contribution in [0.25, 0.3) is 11.4 Å². The standard InChI is InChI=1S/C17H15N5O2/c18-16(19)14-3-1-2-12(10-14)11-21-9-8-20-17(21)13-4-6-15(7-5-13)22(23)24/h1-10H,11H2,(H3,18,19). The number of nitrogens with zero attached hydrogens (tertiary/aromatic N) is 3. The maximum Gasteiger partial charge on any atom is 0.269 e. The summed E-state index contributed by atoms with van der Waals surface area (Å²) in [5.74, 6) is 0.746. The van der Waals surface area contributed by atoms with E-state index in [1.165, 1.54) is 12.1 Å². The molecule has 24 heavy (non-hydrogen) atoms. The van der Waals surface area contributed by atoms with Crippen LogP contribution in [0, 0.1) is 15.5 Å². The second-order valence-electron chi connectivity index (χ2n) is 5.30. The largest absolute Gasteiger partial charge is 0.384 e.